The number of thiophene rings is 1. The van der Waals surface area contributed by atoms with Crippen molar-refractivity contribution in [3.63, 3.8) is 0 Å². The van der Waals surface area contributed by atoms with E-state index in [-0.39, 0.29) is 0 Å². The smallest absolute Gasteiger partial charge is 0.0359 e. The maximum atomic E-state index is 3.72. The molecule has 1 N–H and O–H groups in total. The van der Waals surface area contributed by atoms with Crippen LogP contribution in [0.25, 0.3) is 0 Å². The molecule has 3 atom stereocenters. The second-order valence-electron chi connectivity index (χ2n) is 5.50. The van der Waals surface area contributed by atoms with Crippen LogP contribution < -0.4 is 5.32 Å². The van der Waals surface area contributed by atoms with Crippen molar-refractivity contribution in [2.75, 3.05) is 6.54 Å². The Morgan fingerprint density at radius 2 is 2.29 bits per heavy atom. The van der Waals surface area contributed by atoms with Crippen LogP contribution in [0.5, 0.6) is 0 Å². The molecule has 2 heteroatoms. The van der Waals surface area contributed by atoms with Gasteiger partial charge in [-0.3, -0.25) is 0 Å². The van der Waals surface area contributed by atoms with Gasteiger partial charge in [0.05, 0.1) is 0 Å². The molecule has 0 saturated heterocycles. The van der Waals surface area contributed by atoms with E-state index in [1.807, 2.05) is 11.3 Å². The van der Waals surface area contributed by atoms with Gasteiger partial charge in [0.1, 0.15) is 0 Å². The summed E-state index contributed by atoms with van der Waals surface area (Å²) in [7, 11) is 0. The van der Waals surface area contributed by atoms with E-state index in [1.54, 1.807) is 5.56 Å². The molecule has 0 bridgehead atoms. The Labute approximate surface area is 110 Å². The highest BCUT2D eigenvalue weighted by atomic mass is 32.1. The van der Waals surface area contributed by atoms with Gasteiger partial charge in [-0.2, -0.15) is 0 Å². The van der Waals surface area contributed by atoms with Crippen molar-refractivity contribution >= 4 is 11.3 Å². The topological polar surface area (TPSA) is 12.0 Å². The molecule has 96 valence electrons. The molecule has 0 spiro atoms. The predicted octanol–water partition coefficient (Wildman–Crippen LogP) is 4.53. The zero-order valence-electron chi connectivity index (χ0n) is 11.3. The SMILES string of the molecule is CCNC(c1ccsc1C)C1CCCC(C)C1. The van der Waals surface area contributed by atoms with Crippen LogP contribution in [-0.4, -0.2) is 6.54 Å². The molecule has 0 aliphatic heterocycles. The molecule has 1 aliphatic rings. The minimum Gasteiger partial charge on any atom is -0.310 e. The van der Waals surface area contributed by atoms with Crippen molar-refractivity contribution in [3.8, 4) is 0 Å². The molecule has 0 aromatic carbocycles. The van der Waals surface area contributed by atoms with Crippen LogP contribution in [0.15, 0.2) is 11.4 Å². The first-order chi connectivity index (χ1) is 8.22. The van der Waals surface area contributed by atoms with Crippen LogP contribution in [0.3, 0.4) is 0 Å². The number of nitrogens with one attached hydrogen (secondary N) is 1. The molecule has 17 heavy (non-hydrogen) atoms. The van der Waals surface area contributed by atoms with E-state index >= 15 is 0 Å². The summed E-state index contributed by atoms with van der Waals surface area (Å²) >= 11 is 1.88. The molecule has 1 fully saturated rings. The van der Waals surface area contributed by atoms with Crippen molar-refractivity contribution in [1.29, 1.82) is 0 Å². The van der Waals surface area contributed by atoms with Gasteiger partial charge in [0.15, 0.2) is 0 Å². The lowest BCUT2D eigenvalue weighted by Crippen LogP contribution is -2.31. The molecule has 3 unspecified atom stereocenters. The fourth-order valence-corrected chi connectivity index (χ4v) is 4.00. The van der Waals surface area contributed by atoms with E-state index in [0.29, 0.717) is 6.04 Å². The molecule has 1 aliphatic carbocycles. The number of rotatable bonds is 4. The third-order valence-corrected chi connectivity index (χ3v) is 4.97. The average Bonchev–Trinajstić information content (AvgIpc) is 2.72. The fraction of sp³-hybridized carbons (Fsp3) is 0.733. The zero-order chi connectivity index (χ0) is 12.3. The molecular weight excluding hydrogens is 226 g/mol. The Balaban J connectivity index is 2.14. The summed E-state index contributed by atoms with van der Waals surface area (Å²) < 4.78 is 0. The van der Waals surface area contributed by atoms with Crippen LogP contribution >= 0.6 is 11.3 Å². The molecule has 2 rings (SSSR count). The van der Waals surface area contributed by atoms with Gasteiger partial charge in [-0.15, -0.1) is 11.3 Å². The van der Waals surface area contributed by atoms with Crippen molar-refractivity contribution < 1.29 is 0 Å². The lowest BCUT2D eigenvalue weighted by molar-refractivity contribution is 0.225. The maximum Gasteiger partial charge on any atom is 0.0359 e. The summed E-state index contributed by atoms with van der Waals surface area (Å²) in [6, 6.07) is 2.92. The molecule has 0 amide bonds. The van der Waals surface area contributed by atoms with Gasteiger partial charge in [0, 0.05) is 10.9 Å². The molecule has 1 aromatic heterocycles. The Morgan fingerprint density at radius 3 is 2.88 bits per heavy atom. The van der Waals surface area contributed by atoms with Crippen molar-refractivity contribution in [2.24, 2.45) is 11.8 Å². The van der Waals surface area contributed by atoms with Crippen molar-refractivity contribution in [3.05, 3.63) is 21.9 Å². The lowest BCUT2D eigenvalue weighted by Gasteiger charge is -2.34. The Hall–Kier alpha value is -0.340. The van der Waals surface area contributed by atoms with E-state index in [4.69, 9.17) is 0 Å². The maximum absolute atomic E-state index is 3.72. The summed E-state index contributed by atoms with van der Waals surface area (Å²) in [5, 5.41) is 5.96. The summed E-state index contributed by atoms with van der Waals surface area (Å²) in [6.45, 7) is 7.97. The highest BCUT2D eigenvalue weighted by Gasteiger charge is 2.28. The van der Waals surface area contributed by atoms with Crippen LogP contribution in [0.1, 0.15) is 56.0 Å². The minimum atomic E-state index is 0.592. The van der Waals surface area contributed by atoms with E-state index in [1.165, 1.54) is 30.6 Å². The van der Waals surface area contributed by atoms with Gasteiger partial charge < -0.3 is 5.32 Å². The summed E-state index contributed by atoms with van der Waals surface area (Å²) in [4.78, 5) is 1.49. The minimum absolute atomic E-state index is 0.592. The quantitative estimate of drug-likeness (QED) is 0.829. The molecule has 1 aromatic rings. The summed E-state index contributed by atoms with van der Waals surface area (Å²) in [6.07, 6.45) is 5.64. The Morgan fingerprint density at radius 1 is 1.47 bits per heavy atom. The van der Waals surface area contributed by atoms with Crippen LogP contribution in [0.4, 0.5) is 0 Å². The lowest BCUT2D eigenvalue weighted by atomic mass is 9.77. The number of aryl methyl sites for hydroxylation is 1. The largest absolute Gasteiger partial charge is 0.310 e. The molecule has 1 heterocycles. The fourth-order valence-electron chi connectivity index (χ4n) is 3.25. The first kappa shape index (κ1) is 13.1. The molecule has 1 nitrogen and oxygen atoms in total. The summed E-state index contributed by atoms with van der Waals surface area (Å²) in [5.41, 5.74) is 1.55. The van der Waals surface area contributed by atoms with E-state index < -0.39 is 0 Å². The third-order valence-electron chi connectivity index (χ3n) is 4.11. The van der Waals surface area contributed by atoms with Crippen LogP contribution in [-0.2, 0) is 0 Å². The molecule has 0 radical (unpaired) electrons. The van der Waals surface area contributed by atoms with Gasteiger partial charge in [0.25, 0.3) is 0 Å². The number of hydrogen-bond acceptors (Lipinski definition) is 2. The van der Waals surface area contributed by atoms with Gasteiger partial charge in [0.2, 0.25) is 0 Å². The normalized spacial score (nSPS) is 27.0. The first-order valence-electron chi connectivity index (χ1n) is 6.99. The summed E-state index contributed by atoms with van der Waals surface area (Å²) in [5.74, 6) is 1.75. The highest BCUT2D eigenvalue weighted by Crippen LogP contribution is 2.38. The van der Waals surface area contributed by atoms with E-state index in [2.05, 4.69) is 37.5 Å². The molecular formula is C15H25NS. The van der Waals surface area contributed by atoms with Gasteiger partial charge in [-0.05, 0) is 55.2 Å². The monoisotopic (exact) mass is 251 g/mol. The number of hydrogen-bond donors (Lipinski definition) is 1. The standard InChI is InChI=1S/C15H25NS/c1-4-16-15(14-8-9-17-12(14)3)13-7-5-6-11(2)10-13/h8-9,11,13,15-16H,4-7,10H2,1-3H3. The van der Waals surface area contributed by atoms with E-state index in [9.17, 15) is 0 Å². The van der Waals surface area contributed by atoms with Crippen LogP contribution in [0.2, 0.25) is 0 Å². The van der Waals surface area contributed by atoms with E-state index in [0.717, 1.165) is 18.4 Å². The predicted molar refractivity (Wildman–Crippen MR) is 76.6 cm³/mol. The average molecular weight is 251 g/mol. The Bertz CT molecular complexity index is 344. The van der Waals surface area contributed by atoms with Gasteiger partial charge >= 0.3 is 0 Å². The van der Waals surface area contributed by atoms with Crippen molar-refractivity contribution in [1.82, 2.24) is 5.32 Å². The van der Waals surface area contributed by atoms with Gasteiger partial charge in [-0.25, -0.2) is 0 Å². The Kier molecular flexibility index (Phi) is 4.63. The first-order valence-corrected chi connectivity index (χ1v) is 7.87. The third kappa shape index (κ3) is 3.11. The second-order valence-corrected chi connectivity index (χ2v) is 6.62. The highest BCUT2D eigenvalue weighted by molar-refractivity contribution is 7.10. The van der Waals surface area contributed by atoms with Crippen LogP contribution in [0, 0.1) is 18.8 Å². The second kappa shape index (κ2) is 6.01. The van der Waals surface area contributed by atoms with Crippen molar-refractivity contribution in [2.45, 2.75) is 52.5 Å². The van der Waals surface area contributed by atoms with Gasteiger partial charge in [-0.1, -0.05) is 26.7 Å². The zero-order valence-corrected chi connectivity index (χ0v) is 12.1. The molecule has 1 saturated carbocycles.